The summed E-state index contributed by atoms with van der Waals surface area (Å²) >= 11 is 0. The molecule has 0 spiro atoms. The fourth-order valence-corrected chi connectivity index (χ4v) is 3.30. The largest absolute Gasteiger partial charge is 0.497 e. The van der Waals surface area contributed by atoms with E-state index in [0.29, 0.717) is 18.2 Å². The lowest BCUT2D eigenvalue weighted by Crippen LogP contribution is -2.37. The molecule has 8 heteroatoms. The van der Waals surface area contributed by atoms with Gasteiger partial charge in [-0.25, -0.2) is 9.78 Å². The van der Waals surface area contributed by atoms with Gasteiger partial charge in [-0.2, -0.15) is 5.10 Å². The zero-order chi connectivity index (χ0) is 21.7. The average molecular weight is 409 g/mol. The number of nitrogens with zero attached hydrogens (tertiary/aromatic N) is 3. The van der Waals surface area contributed by atoms with E-state index >= 15 is 0 Å². The summed E-state index contributed by atoms with van der Waals surface area (Å²) in [5.74, 6) is 1.86. The summed E-state index contributed by atoms with van der Waals surface area (Å²) in [6.45, 7) is 6.24. The van der Waals surface area contributed by atoms with E-state index in [4.69, 9.17) is 9.47 Å². The topological polar surface area (TPSA) is 90.3 Å². The van der Waals surface area contributed by atoms with Crippen molar-refractivity contribution in [2.24, 2.45) is 7.05 Å². The maximum atomic E-state index is 12.4. The highest BCUT2D eigenvalue weighted by Gasteiger charge is 2.18. The molecule has 3 rings (SSSR count). The number of benzene rings is 1. The van der Waals surface area contributed by atoms with Crippen LogP contribution in [0.3, 0.4) is 0 Å². The predicted octanol–water partition coefficient (Wildman–Crippen LogP) is 3.79. The Morgan fingerprint density at radius 1 is 1.17 bits per heavy atom. The fourth-order valence-electron chi connectivity index (χ4n) is 3.30. The highest BCUT2D eigenvalue weighted by Crippen LogP contribution is 2.23. The van der Waals surface area contributed by atoms with Crippen LogP contribution in [0.1, 0.15) is 35.5 Å². The second-order valence-electron chi connectivity index (χ2n) is 7.04. The number of aromatic nitrogens is 3. The summed E-state index contributed by atoms with van der Waals surface area (Å²) in [6, 6.07) is 10.5. The van der Waals surface area contributed by atoms with Gasteiger partial charge in [0.2, 0.25) is 5.88 Å². The summed E-state index contributed by atoms with van der Waals surface area (Å²) in [5, 5.41) is 10.2. The van der Waals surface area contributed by atoms with Crippen LogP contribution >= 0.6 is 0 Å². The van der Waals surface area contributed by atoms with Gasteiger partial charge in [-0.3, -0.25) is 4.68 Å². The van der Waals surface area contributed by atoms with Crippen molar-refractivity contribution in [2.75, 3.05) is 7.11 Å². The second kappa shape index (κ2) is 9.30. The molecule has 1 aromatic carbocycles. The Hall–Kier alpha value is -3.55. The van der Waals surface area contributed by atoms with Crippen molar-refractivity contribution in [1.82, 2.24) is 25.4 Å². The van der Waals surface area contributed by atoms with Crippen LogP contribution in [0, 0.1) is 13.8 Å². The van der Waals surface area contributed by atoms with E-state index in [0.717, 1.165) is 28.3 Å². The molecule has 2 heterocycles. The number of nitrogens with one attached hydrogen (secondary N) is 2. The van der Waals surface area contributed by atoms with Gasteiger partial charge in [0.25, 0.3) is 0 Å². The fraction of sp³-hybridized carbons (Fsp3) is 0.318. The molecule has 0 aliphatic rings. The van der Waals surface area contributed by atoms with E-state index in [1.165, 1.54) is 0 Å². The van der Waals surface area contributed by atoms with Gasteiger partial charge in [0.1, 0.15) is 11.5 Å². The Kier molecular flexibility index (Phi) is 6.56. The summed E-state index contributed by atoms with van der Waals surface area (Å²) in [7, 11) is 3.51. The molecule has 0 aliphatic carbocycles. The lowest BCUT2D eigenvalue weighted by molar-refractivity contribution is 0.237. The number of hydrogen-bond acceptors (Lipinski definition) is 5. The molecule has 30 heavy (non-hydrogen) atoms. The average Bonchev–Trinajstić information content (AvgIpc) is 2.99. The maximum absolute atomic E-state index is 12.4. The van der Waals surface area contributed by atoms with Crippen LogP contribution in [-0.4, -0.2) is 27.9 Å². The highest BCUT2D eigenvalue weighted by atomic mass is 16.5. The summed E-state index contributed by atoms with van der Waals surface area (Å²) < 4.78 is 12.7. The molecule has 158 valence electrons. The van der Waals surface area contributed by atoms with E-state index in [9.17, 15) is 4.79 Å². The molecule has 8 nitrogen and oxygen atoms in total. The van der Waals surface area contributed by atoms with E-state index in [-0.39, 0.29) is 12.1 Å². The zero-order valence-corrected chi connectivity index (χ0v) is 17.9. The summed E-state index contributed by atoms with van der Waals surface area (Å²) in [6.07, 6.45) is 1.65. The number of aryl methyl sites for hydroxylation is 2. The molecular weight excluding hydrogens is 382 g/mol. The van der Waals surface area contributed by atoms with Crippen LogP contribution in [0.5, 0.6) is 17.4 Å². The van der Waals surface area contributed by atoms with Crippen LogP contribution in [0.25, 0.3) is 0 Å². The summed E-state index contributed by atoms with van der Waals surface area (Å²) in [4.78, 5) is 16.6. The van der Waals surface area contributed by atoms with Gasteiger partial charge < -0.3 is 20.1 Å². The molecule has 2 N–H and O–H groups in total. The molecule has 0 fully saturated rings. The maximum Gasteiger partial charge on any atom is 0.315 e. The molecule has 3 aromatic rings. The van der Waals surface area contributed by atoms with Gasteiger partial charge in [0.15, 0.2) is 0 Å². The van der Waals surface area contributed by atoms with Crippen LogP contribution in [0.15, 0.2) is 42.6 Å². The number of amides is 2. The van der Waals surface area contributed by atoms with Crippen molar-refractivity contribution in [1.29, 1.82) is 0 Å². The quantitative estimate of drug-likeness (QED) is 0.620. The third-order valence-electron chi connectivity index (χ3n) is 4.88. The standard InChI is InChI=1S/C22H27N5O3/c1-14(21-15(2)26-27(4)16(21)3)25-22(28)24-13-17-10-11-23-20(12-17)30-19-8-6-18(29-5)7-9-19/h6-12,14H,13H2,1-5H3,(H2,24,25,28). The predicted molar refractivity (Wildman–Crippen MR) is 114 cm³/mol. The molecule has 0 saturated carbocycles. The normalized spacial score (nSPS) is 11.6. The van der Waals surface area contributed by atoms with Gasteiger partial charge in [-0.1, -0.05) is 0 Å². The number of carbonyl (C=O) groups is 1. The minimum absolute atomic E-state index is 0.148. The van der Waals surface area contributed by atoms with Crippen LogP contribution < -0.4 is 20.1 Å². The minimum Gasteiger partial charge on any atom is -0.497 e. The molecule has 2 amide bonds. The Balaban J connectivity index is 1.56. The molecule has 2 aromatic heterocycles. The van der Waals surface area contributed by atoms with E-state index in [1.807, 2.05) is 62.8 Å². The first-order valence-electron chi connectivity index (χ1n) is 9.68. The number of ether oxygens (including phenoxy) is 2. The van der Waals surface area contributed by atoms with Crippen molar-refractivity contribution in [3.63, 3.8) is 0 Å². The highest BCUT2D eigenvalue weighted by molar-refractivity contribution is 5.74. The molecule has 0 radical (unpaired) electrons. The van der Waals surface area contributed by atoms with Crippen LogP contribution in [0.2, 0.25) is 0 Å². The van der Waals surface area contributed by atoms with Crippen molar-refractivity contribution < 1.29 is 14.3 Å². The van der Waals surface area contributed by atoms with Crippen molar-refractivity contribution in [2.45, 2.75) is 33.4 Å². The Labute approximate surface area is 176 Å². The number of urea groups is 1. The Morgan fingerprint density at radius 3 is 2.50 bits per heavy atom. The smallest absolute Gasteiger partial charge is 0.315 e. The van der Waals surface area contributed by atoms with E-state index in [2.05, 4.69) is 20.7 Å². The minimum atomic E-state index is -0.250. The van der Waals surface area contributed by atoms with Gasteiger partial charge in [0, 0.05) is 37.1 Å². The molecule has 1 unspecified atom stereocenters. The molecular formula is C22H27N5O3. The number of pyridine rings is 1. The van der Waals surface area contributed by atoms with Gasteiger partial charge in [-0.05, 0) is 56.7 Å². The lowest BCUT2D eigenvalue weighted by atomic mass is 10.1. The third kappa shape index (κ3) is 5.08. The molecule has 0 aliphatic heterocycles. The first kappa shape index (κ1) is 21.2. The molecule has 1 atom stereocenters. The van der Waals surface area contributed by atoms with Gasteiger partial charge in [0.05, 0.1) is 18.8 Å². The number of rotatable bonds is 7. The monoisotopic (exact) mass is 409 g/mol. The van der Waals surface area contributed by atoms with Gasteiger partial charge in [-0.15, -0.1) is 0 Å². The third-order valence-corrected chi connectivity index (χ3v) is 4.88. The van der Waals surface area contributed by atoms with Crippen molar-refractivity contribution >= 4 is 6.03 Å². The van der Waals surface area contributed by atoms with Crippen LogP contribution in [-0.2, 0) is 13.6 Å². The number of methoxy groups -OCH3 is 1. The first-order chi connectivity index (χ1) is 14.4. The number of hydrogen-bond donors (Lipinski definition) is 2. The lowest BCUT2D eigenvalue weighted by Gasteiger charge is -2.16. The second-order valence-corrected chi connectivity index (χ2v) is 7.04. The van der Waals surface area contributed by atoms with Crippen LogP contribution in [0.4, 0.5) is 4.79 Å². The Morgan fingerprint density at radius 2 is 1.87 bits per heavy atom. The first-order valence-corrected chi connectivity index (χ1v) is 9.68. The molecule has 0 saturated heterocycles. The number of carbonyl (C=O) groups excluding carboxylic acids is 1. The molecule has 0 bridgehead atoms. The van der Waals surface area contributed by atoms with Gasteiger partial charge >= 0.3 is 6.03 Å². The SMILES string of the molecule is COc1ccc(Oc2cc(CNC(=O)NC(C)c3c(C)nn(C)c3C)ccn2)cc1. The van der Waals surface area contributed by atoms with Crippen molar-refractivity contribution in [3.8, 4) is 17.4 Å². The summed E-state index contributed by atoms with van der Waals surface area (Å²) in [5.41, 5.74) is 3.86. The van der Waals surface area contributed by atoms with Crippen molar-refractivity contribution in [3.05, 3.63) is 65.1 Å². The van der Waals surface area contributed by atoms with E-state index in [1.54, 1.807) is 19.4 Å². The van der Waals surface area contributed by atoms with E-state index < -0.39 is 0 Å². The Bertz CT molecular complexity index is 1010. The zero-order valence-electron chi connectivity index (χ0n) is 17.9.